The molecule has 1 aliphatic heterocycles. The van der Waals surface area contributed by atoms with E-state index in [2.05, 4.69) is 4.98 Å². The number of nitrogens with two attached hydrogens (primary N) is 1. The minimum atomic E-state index is -3.39. The van der Waals surface area contributed by atoms with Crippen LogP contribution in [0.3, 0.4) is 0 Å². The first-order chi connectivity index (χ1) is 9.07. The Kier molecular flexibility index (Phi) is 4.54. The summed E-state index contributed by atoms with van der Waals surface area (Å²) in [7, 11) is -3.39. The first kappa shape index (κ1) is 14.4. The van der Waals surface area contributed by atoms with Crippen LogP contribution in [0.1, 0.15) is 37.1 Å². The van der Waals surface area contributed by atoms with E-state index in [1.165, 1.54) is 0 Å². The van der Waals surface area contributed by atoms with E-state index in [0.717, 1.165) is 19.3 Å². The fourth-order valence-electron chi connectivity index (χ4n) is 2.52. The van der Waals surface area contributed by atoms with Gasteiger partial charge in [0.15, 0.2) is 0 Å². The molecular weight excluding hydrogens is 262 g/mol. The molecule has 0 amide bonds. The van der Waals surface area contributed by atoms with Gasteiger partial charge < -0.3 is 5.73 Å². The number of hydrogen-bond acceptors (Lipinski definition) is 4. The standard InChI is InChI=1S/C13H21N3O2S/c1-11(13-7-2-4-8-15-13)19(17,18)16-9-5-3-6-12(16)10-14/h2,4,7-8,11-12H,3,5-6,9-10,14H2,1H3. The van der Waals surface area contributed by atoms with Crippen LogP contribution < -0.4 is 5.73 Å². The number of sulfonamides is 1. The summed E-state index contributed by atoms with van der Waals surface area (Å²) in [5.74, 6) is 0. The quantitative estimate of drug-likeness (QED) is 0.903. The fourth-order valence-corrected chi connectivity index (χ4v) is 4.36. The van der Waals surface area contributed by atoms with Crippen LogP contribution in [-0.2, 0) is 10.0 Å². The Balaban J connectivity index is 2.26. The highest BCUT2D eigenvalue weighted by molar-refractivity contribution is 7.89. The monoisotopic (exact) mass is 283 g/mol. The molecule has 0 saturated carbocycles. The highest BCUT2D eigenvalue weighted by Gasteiger charge is 2.36. The zero-order valence-electron chi connectivity index (χ0n) is 11.2. The van der Waals surface area contributed by atoms with Crippen molar-refractivity contribution < 1.29 is 8.42 Å². The van der Waals surface area contributed by atoms with E-state index < -0.39 is 15.3 Å². The zero-order valence-corrected chi connectivity index (χ0v) is 12.0. The van der Waals surface area contributed by atoms with Crippen molar-refractivity contribution in [2.75, 3.05) is 13.1 Å². The SMILES string of the molecule is CC(c1ccccn1)S(=O)(=O)N1CCCCC1CN. The first-order valence-corrected chi connectivity index (χ1v) is 8.19. The van der Waals surface area contributed by atoms with E-state index in [-0.39, 0.29) is 6.04 Å². The van der Waals surface area contributed by atoms with E-state index >= 15 is 0 Å². The molecule has 0 aromatic carbocycles. The molecule has 1 aliphatic rings. The second-order valence-corrected chi connectivity index (χ2v) is 7.14. The Morgan fingerprint density at radius 2 is 2.26 bits per heavy atom. The van der Waals surface area contributed by atoms with Crippen molar-refractivity contribution in [1.29, 1.82) is 0 Å². The molecule has 2 unspecified atom stereocenters. The number of piperidine rings is 1. The van der Waals surface area contributed by atoms with Crippen molar-refractivity contribution in [2.45, 2.75) is 37.5 Å². The van der Waals surface area contributed by atoms with Gasteiger partial charge in [0.05, 0.1) is 5.69 Å². The second kappa shape index (κ2) is 5.98. The molecule has 2 rings (SSSR count). The molecular formula is C13H21N3O2S. The maximum Gasteiger partial charge on any atom is 0.222 e. The summed E-state index contributed by atoms with van der Waals surface area (Å²) in [6.07, 6.45) is 4.43. The number of nitrogens with zero attached hydrogens (tertiary/aromatic N) is 2. The molecule has 0 spiro atoms. The molecule has 1 aromatic rings. The summed E-state index contributed by atoms with van der Waals surface area (Å²) >= 11 is 0. The van der Waals surface area contributed by atoms with Crippen LogP contribution in [0, 0.1) is 0 Å². The van der Waals surface area contributed by atoms with Gasteiger partial charge in [-0.3, -0.25) is 4.98 Å². The molecule has 106 valence electrons. The molecule has 19 heavy (non-hydrogen) atoms. The Hall–Kier alpha value is -0.980. The van der Waals surface area contributed by atoms with E-state index in [1.807, 2.05) is 6.07 Å². The van der Waals surface area contributed by atoms with Crippen LogP contribution in [0.25, 0.3) is 0 Å². The number of rotatable bonds is 4. The Bertz CT molecular complexity index is 504. The Morgan fingerprint density at radius 3 is 2.89 bits per heavy atom. The predicted molar refractivity (Wildman–Crippen MR) is 75.0 cm³/mol. The van der Waals surface area contributed by atoms with E-state index in [1.54, 1.807) is 29.6 Å². The topological polar surface area (TPSA) is 76.3 Å². The maximum atomic E-state index is 12.7. The number of pyridine rings is 1. The van der Waals surface area contributed by atoms with Crippen molar-refractivity contribution in [3.8, 4) is 0 Å². The lowest BCUT2D eigenvalue weighted by molar-refractivity contribution is 0.255. The van der Waals surface area contributed by atoms with Gasteiger partial charge in [-0.2, -0.15) is 4.31 Å². The van der Waals surface area contributed by atoms with Gasteiger partial charge in [0.25, 0.3) is 0 Å². The average molecular weight is 283 g/mol. The van der Waals surface area contributed by atoms with E-state index in [9.17, 15) is 8.42 Å². The number of hydrogen-bond donors (Lipinski definition) is 1. The minimum absolute atomic E-state index is 0.0649. The van der Waals surface area contributed by atoms with Crippen molar-refractivity contribution in [3.05, 3.63) is 30.1 Å². The summed E-state index contributed by atoms with van der Waals surface area (Å²) in [4.78, 5) is 4.15. The lowest BCUT2D eigenvalue weighted by Gasteiger charge is -2.35. The van der Waals surface area contributed by atoms with Crippen LogP contribution in [0.4, 0.5) is 0 Å². The van der Waals surface area contributed by atoms with Crippen LogP contribution in [0.5, 0.6) is 0 Å². The van der Waals surface area contributed by atoms with Crippen molar-refractivity contribution in [1.82, 2.24) is 9.29 Å². The Morgan fingerprint density at radius 1 is 1.47 bits per heavy atom. The van der Waals surface area contributed by atoms with E-state index in [0.29, 0.717) is 18.8 Å². The van der Waals surface area contributed by atoms with Gasteiger partial charge in [-0.25, -0.2) is 8.42 Å². The molecule has 2 heterocycles. The third-order valence-electron chi connectivity index (χ3n) is 3.72. The molecule has 1 aromatic heterocycles. The van der Waals surface area contributed by atoms with Gasteiger partial charge in [-0.05, 0) is 31.9 Å². The molecule has 2 atom stereocenters. The molecule has 1 fully saturated rings. The maximum absolute atomic E-state index is 12.7. The second-order valence-electron chi connectivity index (χ2n) is 4.94. The summed E-state index contributed by atoms with van der Waals surface area (Å²) in [5.41, 5.74) is 6.29. The molecule has 0 bridgehead atoms. The van der Waals surface area contributed by atoms with Crippen LogP contribution in [0.2, 0.25) is 0 Å². The predicted octanol–water partition coefficient (Wildman–Crippen LogP) is 1.29. The molecule has 0 aliphatic carbocycles. The van der Waals surface area contributed by atoms with E-state index in [4.69, 9.17) is 5.73 Å². The summed E-state index contributed by atoms with van der Waals surface area (Å²) in [5, 5.41) is -0.624. The highest BCUT2D eigenvalue weighted by Crippen LogP contribution is 2.28. The minimum Gasteiger partial charge on any atom is -0.329 e. The lowest BCUT2D eigenvalue weighted by Crippen LogP contribution is -2.48. The third kappa shape index (κ3) is 2.96. The van der Waals surface area contributed by atoms with Crippen LogP contribution >= 0.6 is 0 Å². The first-order valence-electron chi connectivity index (χ1n) is 6.69. The van der Waals surface area contributed by atoms with Gasteiger partial charge in [0, 0.05) is 25.3 Å². The van der Waals surface area contributed by atoms with Crippen LogP contribution in [-0.4, -0.2) is 36.8 Å². The highest BCUT2D eigenvalue weighted by atomic mass is 32.2. The molecule has 6 heteroatoms. The normalized spacial score (nSPS) is 23.2. The summed E-state index contributed by atoms with van der Waals surface area (Å²) in [6.45, 7) is 2.65. The fraction of sp³-hybridized carbons (Fsp3) is 0.615. The summed E-state index contributed by atoms with van der Waals surface area (Å²) in [6, 6.07) is 5.28. The molecule has 0 radical (unpaired) electrons. The Labute approximate surface area is 114 Å². The van der Waals surface area contributed by atoms with Gasteiger partial charge in [-0.1, -0.05) is 12.5 Å². The largest absolute Gasteiger partial charge is 0.329 e. The average Bonchev–Trinajstić information content (AvgIpc) is 2.47. The summed E-state index contributed by atoms with van der Waals surface area (Å²) < 4.78 is 27.0. The number of aromatic nitrogens is 1. The molecule has 5 nitrogen and oxygen atoms in total. The molecule has 1 saturated heterocycles. The smallest absolute Gasteiger partial charge is 0.222 e. The lowest BCUT2D eigenvalue weighted by atomic mass is 10.1. The molecule has 2 N–H and O–H groups in total. The van der Waals surface area contributed by atoms with Crippen molar-refractivity contribution in [2.24, 2.45) is 5.73 Å². The van der Waals surface area contributed by atoms with Crippen molar-refractivity contribution in [3.63, 3.8) is 0 Å². The van der Waals surface area contributed by atoms with Gasteiger partial charge >= 0.3 is 0 Å². The van der Waals surface area contributed by atoms with Gasteiger partial charge in [-0.15, -0.1) is 0 Å². The zero-order chi connectivity index (χ0) is 13.9. The van der Waals surface area contributed by atoms with Crippen LogP contribution in [0.15, 0.2) is 24.4 Å². The third-order valence-corrected chi connectivity index (χ3v) is 5.99. The van der Waals surface area contributed by atoms with Crippen molar-refractivity contribution >= 4 is 10.0 Å². The van der Waals surface area contributed by atoms with Gasteiger partial charge in [0.1, 0.15) is 5.25 Å². The van der Waals surface area contributed by atoms with Gasteiger partial charge in [0.2, 0.25) is 10.0 Å².